The summed E-state index contributed by atoms with van der Waals surface area (Å²) in [6, 6.07) is 9.12. The normalized spacial score (nSPS) is 18.7. The Labute approximate surface area is 141 Å². The molecular weight excluding hydrogens is 318 g/mol. The highest BCUT2D eigenvalue weighted by molar-refractivity contribution is 5.85. The van der Waals surface area contributed by atoms with Gasteiger partial charge in [0.15, 0.2) is 5.76 Å². The molecule has 0 bridgehead atoms. The molecule has 23 heavy (non-hydrogen) atoms. The Balaban J connectivity index is 0.00000192. The summed E-state index contributed by atoms with van der Waals surface area (Å²) in [6.45, 7) is 3.56. The fraction of sp³-hybridized carbons (Fsp3) is 0.375. The third kappa shape index (κ3) is 4.31. The largest absolute Gasteiger partial charge is 0.438 e. The lowest BCUT2D eigenvalue weighted by molar-refractivity contribution is -0.126. The van der Waals surface area contributed by atoms with E-state index in [4.69, 9.17) is 9.15 Å². The van der Waals surface area contributed by atoms with E-state index in [1.807, 2.05) is 37.3 Å². The summed E-state index contributed by atoms with van der Waals surface area (Å²) < 4.78 is 11.0. The molecule has 1 aliphatic heterocycles. The molecular formula is C16H20ClN3O3. The summed E-state index contributed by atoms with van der Waals surface area (Å²) >= 11 is 0. The van der Waals surface area contributed by atoms with Crippen LogP contribution in [0, 0.1) is 0 Å². The average molecular weight is 338 g/mol. The van der Waals surface area contributed by atoms with Crippen LogP contribution in [0.2, 0.25) is 0 Å². The molecule has 0 spiro atoms. The van der Waals surface area contributed by atoms with Crippen LogP contribution >= 0.6 is 12.4 Å². The number of benzene rings is 1. The van der Waals surface area contributed by atoms with Gasteiger partial charge >= 0.3 is 0 Å². The van der Waals surface area contributed by atoms with Crippen LogP contribution in [-0.2, 0) is 9.53 Å². The van der Waals surface area contributed by atoms with Crippen LogP contribution in [-0.4, -0.2) is 36.7 Å². The smallest absolute Gasteiger partial charge is 0.240 e. The zero-order valence-electron chi connectivity index (χ0n) is 12.8. The van der Waals surface area contributed by atoms with E-state index in [0.717, 1.165) is 5.56 Å². The fourth-order valence-electron chi connectivity index (χ4n) is 2.33. The molecule has 1 saturated heterocycles. The number of morpholine rings is 1. The first-order valence-corrected chi connectivity index (χ1v) is 7.36. The molecule has 2 atom stereocenters. The predicted molar refractivity (Wildman–Crippen MR) is 88.4 cm³/mol. The van der Waals surface area contributed by atoms with Crippen LogP contribution in [0.1, 0.15) is 18.9 Å². The lowest BCUT2D eigenvalue weighted by Gasteiger charge is -2.24. The van der Waals surface area contributed by atoms with E-state index in [1.165, 1.54) is 0 Å². The second-order valence-corrected chi connectivity index (χ2v) is 5.24. The van der Waals surface area contributed by atoms with E-state index in [9.17, 15) is 4.79 Å². The van der Waals surface area contributed by atoms with E-state index in [2.05, 4.69) is 15.6 Å². The molecule has 0 radical (unpaired) electrons. The van der Waals surface area contributed by atoms with Crippen molar-refractivity contribution in [3.63, 3.8) is 0 Å². The van der Waals surface area contributed by atoms with Gasteiger partial charge in [-0.2, -0.15) is 0 Å². The van der Waals surface area contributed by atoms with E-state index in [-0.39, 0.29) is 30.4 Å². The molecule has 1 aromatic carbocycles. The van der Waals surface area contributed by atoms with Gasteiger partial charge in [-0.05, 0) is 6.92 Å². The number of halogens is 1. The Morgan fingerprint density at radius 2 is 2.17 bits per heavy atom. The van der Waals surface area contributed by atoms with Crippen molar-refractivity contribution in [2.75, 3.05) is 19.8 Å². The van der Waals surface area contributed by atoms with Crippen molar-refractivity contribution in [2.45, 2.75) is 19.0 Å². The Morgan fingerprint density at radius 3 is 2.87 bits per heavy atom. The summed E-state index contributed by atoms with van der Waals surface area (Å²) in [5.74, 6) is 1.08. The molecule has 2 heterocycles. The minimum Gasteiger partial charge on any atom is -0.438 e. The first-order valence-electron chi connectivity index (χ1n) is 7.36. The number of ether oxygens (including phenoxy) is 1. The van der Waals surface area contributed by atoms with E-state index in [0.29, 0.717) is 31.4 Å². The third-order valence-electron chi connectivity index (χ3n) is 3.55. The van der Waals surface area contributed by atoms with Crippen LogP contribution < -0.4 is 10.6 Å². The molecule has 0 saturated carbocycles. The average Bonchev–Trinajstić information content (AvgIpc) is 3.06. The van der Waals surface area contributed by atoms with Crippen molar-refractivity contribution in [2.24, 2.45) is 0 Å². The minimum atomic E-state index is -0.320. The maximum absolute atomic E-state index is 12.1. The maximum Gasteiger partial charge on any atom is 0.240 e. The van der Waals surface area contributed by atoms with Crippen LogP contribution in [0.4, 0.5) is 0 Å². The molecule has 1 aliphatic rings. The molecule has 6 nitrogen and oxygen atoms in total. The number of amides is 1. The molecule has 2 N–H and O–H groups in total. The monoisotopic (exact) mass is 337 g/mol. The second kappa shape index (κ2) is 8.10. The number of oxazole rings is 1. The Bertz CT molecular complexity index is 627. The van der Waals surface area contributed by atoms with Crippen LogP contribution in [0.15, 0.2) is 40.9 Å². The summed E-state index contributed by atoms with van der Waals surface area (Å²) in [7, 11) is 0. The van der Waals surface area contributed by atoms with Crippen molar-refractivity contribution in [1.29, 1.82) is 0 Å². The topological polar surface area (TPSA) is 76.4 Å². The van der Waals surface area contributed by atoms with E-state index in [1.54, 1.807) is 6.20 Å². The number of rotatable bonds is 4. The summed E-state index contributed by atoms with van der Waals surface area (Å²) in [5.41, 5.74) is 0.960. The van der Waals surface area contributed by atoms with Crippen molar-refractivity contribution < 1.29 is 13.9 Å². The molecule has 7 heteroatoms. The predicted octanol–water partition coefficient (Wildman–Crippen LogP) is 1.93. The molecule has 124 valence electrons. The zero-order chi connectivity index (χ0) is 15.4. The molecule has 1 amide bonds. The minimum absolute atomic E-state index is 0. The highest BCUT2D eigenvalue weighted by Gasteiger charge is 2.24. The number of carbonyl (C=O) groups excluding carboxylic acids is 1. The Morgan fingerprint density at radius 1 is 1.39 bits per heavy atom. The number of hydrogen-bond donors (Lipinski definition) is 2. The Kier molecular flexibility index (Phi) is 6.15. The van der Waals surface area contributed by atoms with Crippen molar-refractivity contribution in [1.82, 2.24) is 15.6 Å². The van der Waals surface area contributed by atoms with Gasteiger partial charge in [0.2, 0.25) is 11.8 Å². The molecule has 2 unspecified atom stereocenters. The van der Waals surface area contributed by atoms with Crippen molar-refractivity contribution in [3.05, 3.63) is 42.4 Å². The van der Waals surface area contributed by atoms with Gasteiger partial charge in [-0.3, -0.25) is 4.79 Å². The quantitative estimate of drug-likeness (QED) is 0.891. The number of hydrogen-bond acceptors (Lipinski definition) is 5. The first-order chi connectivity index (χ1) is 10.7. The van der Waals surface area contributed by atoms with Gasteiger partial charge in [0, 0.05) is 12.1 Å². The van der Waals surface area contributed by atoms with Gasteiger partial charge in [-0.1, -0.05) is 30.3 Å². The Hall–Kier alpha value is -1.89. The first kappa shape index (κ1) is 17.5. The summed E-state index contributed by atoms with van der Waals surface area (Å²) in [4.78, 5) is 16.4. The van der Waals surface area contributed by atoms with Crippen LogP contribution in [0.5, 0.6) is 0 Å². The molecule has 0 aliphatic carbocycles. The van der Waals surface area contributed by atoms with Gasteiger partial charge in [0.05, 0.1) is 19.4 Å². The lowest BCUT2D eigenvalue weighted by atomic mass is 10.2. The molecule has 2 aromatic rings. The van der Waals surface area contributed by atoms with Gasteiger partial charge in [-0.15, -0.1) is 12.4 Å². The summed E-state index contributed by atoms with van der Waals surface area (Å²) in [6.07, 6.45) is 1.68. The van der Waals surface area contributed by atoms with Crippen molar-refractivity contribution >= 4 is 18.3 Å². The number of nitrogens with one attached hydrogen (secondary N) is 2. The standard InChI is InChI=1S/C16H19N3O3.ClH/c1-11(19-15(20)13-10-21-8-7-17-13)16-18-9-14(22-16)12-5-3-2-4-6-12;/h2-6,9,11,13,17H,7-8,10H2,1H3,(H,19,20);1H. The van der Waals surface area contributed by atoms with E-state index < -0.39 is 0 Å². The zero-order valence-corrected chi connectivity index (χ0v) is 13.6. The number of aromatic nitrogens is 1. The van der Waals surface area contributed by atoms with E-state index >= 15 is 0 Å². The number of carbonyl (C=O) groups is 1. The van der Waals surface area contributed by atoms with Gasteiger partial charge in [0.1, 0.15) is 12.1 Å². The number of nitrogens with zero attached hydrogens (tertiary/aromatic N) is 1. The van der Waals surface area contributed by atoms with Gasteiger partial charge < -0.3 is 19.8 Å². The van der Waals surface area contributed by atoms with Crippen molar-refractivity contribution in [3.8, 4) is 11.3 Å². The third-order valence-corrected chi connectivity index (χ3v) is 3.55. The van der Waals surface area contributed by atoms with Gasteiger partial charge in [0.25, 0.3) is 0 Å². The highest BCUT2D eigenvalue weighted by atomic mass is 35.5. The fourth-order valence-corrected chi connectivity index (χ4v) is 2.33. The highest BCUT2D eigenvalue weighted by Crippen LogP contribution is 2.22. The maximum atomic E-state index is 12.1. The van der Waals surface area contributed by atoms with Crippen LogP contribution in [0.25, 0.3) is 11.3 Å². The second-order valence-electron chi connectivity index (χ2n) is 5.24. The summed E-state index contributed by atoms with van der Waals surface area (Å²) in [5, 5.41) is 6.01. The van der Waals surface area contributed by atoms with Gasteiger partial charge in [-0.25, -0.2) is 4.98 Å². The molecule has 3 rings (SSSR count). The molecule has 1 fully saturated rings. The lowest BCUT2D eigenvalue weighted by Crippen LogP contribution is -2.51. The SMILES string of the molecule is CC(NC(=O)C1COCCN1)c1ncc(-c2ccccc2)o1.Cl. The molecule has 1 aromatic heterocycles. The van der Waals surface area contributed by atoms with Crippen LogP contribution in [0.3, 0.4) is 0 Å².